The predicted octanol–water partition coefficient (Wildman–Crippen LogP) is 4.64. The highest BCUT2D eigenvalue weighted by Gasteiger charge is 2.15. The normalized spacial score (nSPS) is 10.7. The minimum Gasteiger partial charge on any atom is -0.466 e. The first-order valence-electron chi connectivity index (χ1n) is 8.04. The number of hydrogen-bond acceptors (Lipinski definition) is 7. The molecular weight excluding hydrogens is 348 g/mol. The molecule has 0 spiro atoms. The Balaban J connectivity index is 1.80. The lowest BCUT2D eigenvalue weighted by Crippen LogP contribution is -2.09. The van der Waals surface area contributed by atoms with Crippen LogP contribution in [0.1, 0.15) is 21.7 Å². The lowest BCUT2D eigenvalue weighted by Gasteiger charge is -2.09. The third-order valence-corrected chi connectivity index (χ3v) is 3.56. The van der Waals surface area contributed by atoms with Crippen molar-refractivity contribution in [2.75, 3.05) is 0 Å². The number of hydrogen-bond donors (Lipinski definition) is 0. The number of carbonyl (C=O) groups is 1. The maximum atomic E-state index is 12.5. The smallest absolute Gasteiger partial charge is 0.417 e. The Morgan fingerprint density at radius 1 is 0.963 bits per heavy atom. The van der Waals surface area contributed by atoms with Gasteiger partial charge in [0, 0.05) is 5.56 Å². The molecule has 0 unspecified atom stereocenters. The topological polar surface area (TPSA) is 90.5 Å². The summed E-state index contributed by atoms with van der Waals surface area (Å²) < 4.78 is 15.0. The molecular formula is C20H15N2O5. The highest BCUT2D eigenvalue weighted by molar-refractivity contribution is 5.92. The van der Waals surface area contributed by atoms with Crippen molar-refractivity contribution in [3.05, 3.63) is 83.8 Å². The van der Waals surface area contributed by atoms with Crippen LogP contribution in [-0.2, 0) is 27.5 Å². The van der Waals surface area contributed by atoms with E-state index in [1.54, 1.807) is 24.3 Å². The van der Waals surface area contributed by atoms with Gasteiger partial charge in [0.2, 0.25) is 0 Å². The summed E-state index contributed by atoms with van der Waals surface area (Å²) in [4.78, 5) is 22.8. The van der Waals surface area contributed by atoms with Crippen LogP contribution in [0.4, 0.5) is 11.4 Å². The van der Waals surface area contributed by atoms with Crippen LogP contribution in [0.2, 0.25) is 0 Å². The zero-order valence-electron chi connectivity index (χ0n) is 14.2. The van der Waals surface area contributed by atoms with Crippen molar-refractivity contribution in [3.63, 3.8) is 0 Å². The molecule has 0 aliphatic heterocycles. The minimum atomic E-state index is -0.590. The van der Waals surface area contributed by atoms with Crippen molar-refractivity contribution in [1.29, 1.82) is 0 Å². The Hall–Kier alpha value is -3.74. The Morgan fingerprint density at radius 3 is 2.52 bits per heavy atom. The first-order valence-corrected chi connectivity index (χ1v) is 8.04. The number of azo groups is 1. The second-order valence-corrected chi connectivity index (χ2v) is 5.40. The van der Waals surface area contributed by atoms with E-state index in [1.165, 1.54) is 18.8 Å². The summed E-state index contributed by atoms with van der Waals surface area (Å²) in [6.45, 7) is 1.22. The average molecular weight is 363 g/mol. The van der Waals surface area contributed by atoms with Crippen LogP contribution < -0.4 is 0 Å². The number of carbonyl (C=O) groups excluding carboxylic acids is 2. The van der Waals surface area contributed by atoms with Crippen LogP contribution in [0.25, 0.3) is 0 Å². The third-order valence-electron chi connectivity index (χ3n) is 3.56. The van der Waals surface area contributed by atoms with Crippen LogP contribution in [0.3, 0.4) is 0 Å². The fraction of sp³-hybridized carbons (Fsp3) is 0.100. The van der Waals surface area contributed by atoms with E-state index < -0.39 is 5.97 Å². The molecule has 1 radical (unpaired) electrons. The molecule has 0 N–H and O–H groups in total. The Labute approximate surface area is 155 Å². The van der Waals surface area contributed by atoms with Gasteiger partial charge < -0.3 is 13.9 Å². The summed E-state index contributed by atoms with van der Waals surface area (Å²) in [6, 6.07) is 17.4. The Morgan fingerprint density at radius 2 is 1.78 bits per heavy atom. The second-order valence-electron chi connectivity index (χ2n) is 5.40. The molecule has 3 aromatic rings. The summed E-state index contributed by atoms with van der Waals surface area (Å²) in [5.41, 5.74) is 1.84. The van der Waals surface area contributed by atoms with Gasteiger partial charge in [0.15, 0.2) is 0 Å². The van der Waals surface area contributed by atoms with Crippen LogP contribution >= 0.6 is 0 Å². The van der Waals surface area contributed by atoms with Gasteiger partial charge in [-0.25, -0.2) is 9.59 Å². The molecule has 7 heteroatoms. The largest absolute Gasteiger partial charge is 0.466 e. The minimum absolute atomic E-state index is 0.0122. The van der Waals surface area contributed by atoms with Gasteiger partial charge in [0.25, 0.3) is 0 Å². The fourth-order valence-electron chi connectivity index (χ4n) is 2.27. The molecule has 7 nitrogen and oxygen atoms in total. The summed E-state index contributed by atoms with van der Waals surface area (Å²) >= 11 is 0. The van der Waals surface area contributed by atoms with Gasteiger partial charge in [0.1, 0.15) is 19.0 Å². The number of esters is 1. The third kappa shape index (κ3) is 5.12. The quantitative estimate of drug-likeness (QED) is 0.430. The van der Waals surface area contributed by atoms with Crippen molar-refractivity contribution >= 4 is 23.8 Å². The zero-order chi connectivity index (χ0) is 18.9. The maximum absolute atomic E-state index is 12.5. The van der Waals surface area contributed by atoms with Crippen molar-refractivity contribution in [1.82, 2.24) is 0 Å². The molecule has 0 aliphatic carbocycles. The van der Waals surface area contributed by atoms with Gasteiger partial charge in [-0.1, -0.05) is 24.3 Å². The number of ether oxygens (including phenoxy) is 2. The van der Waals surface area contributed by atoms with Gasteiger partial charge in [0.05, 0.1) is 23.2 Å². The van der Waals surface area contributed by atoms with E-state index in [0.717, 1.165) is 0 Å². The van der Waals surface area contributed by atoms with E-state index in [2.05, 4.69) is 15.0 Å². The monoisotopic (exact) mass is 363 g/mol. The molecule has 1 heterocycles. The average Bonchev–Trinajstić information content (AvgIpc) is 3.23. The molecule has 3 rings (SSSR count). The summed E-state index contributed by atoms with van der Waals surface area (Å²) in [7, 11) is 0. The van der Waals surface area contributed by atoms with Gasteiger partial charge in [-0.05, 0) is 36.4 Å². The van der Waals surface area contributed by atoms with Crippen LogP contribution in [0.5, 0.6) is 0 Å². The first-order chi connectivity index (χ1) is 13.3. The Bertz CT molecular complexity index is 921. The van der Waals surface area contributed by atoms with Gasteiger partial charge in [-0.2, -0.15) is 10.2 Å². The number of benzene rings is 2. The summed E-state index contributed by atoms with van der Waals surface area (Å²) in [5, 5.41) is 8.25. The van der Waals surface area contributed by atoms with E-state index in [9.17, 15) is 9.59 Å². The first kappa shape index (κ1) is 18.1. The number of rotatable bonds is 8. The number of nitrogens with zero attached hydrogens (tertiary/aromatic N) is 2. The summed E-state index contributed by atoms with van der Waals surface area (Å²) in [6.07, 6.45) is 1.49. The van der Waals surface area contributed by atoms with Gasteiger partial charge in [-0.3, -0.25) is 0 Å². The van der Waals surface area contributed by atoms with Crippen molar-refractivity contribution in [2.45, 2.75) is 13.2 Å². The van der Waals surface area contributed by atoms with Crippen molar-refractivity contribution in [2.24, 2.45) is 10.2 Å². The fourth-order valence-corrected chi connectivity index (χ4v) is 2.27. The molecule has 0 saturated heterocycles. The standard InChI is InChI=1S/C20H15N2O5/c23-14-25-12-15-8-9-17(22-21-16-5-2-1-3-6-16)11-19(15)20(24)27-13-18-7-4-10-26-18/h1-11H,12-13H2. The van der Waals surface area contributed by atoms with E-state index in [-0.39, 0.29) is 18.8 Å². The molecule has 1 aromatic heterocycles. The predicted molar refractivity (Wildman–Crippen MR) is 95.4 cm³/mol. The molecule has 27 heavy (non-hydrogen) atoms. The lowest BCUT2D eigenvalue weighted by molar-refractivity contribution is 0.0442. The van der Waals surface area contributed by atoms with E-state index in [1.807, 2.05) is 30.3 Å². The van der Waals surface area contributed by atoms with E-state index >= 15 is 0 Å². The van der Waals surface area contributed by atoms with E-state index in [0.29, 0.717) is 22.7 Å². The molecule has 0 saturated carbocycles. The van der Waals surface area contributed by atoms with E-state index in [4.69, 9.17) is 9.15 Å². The lowest BCUT2D eigenvalue weighted by atomic mass is 10.1. The van der Waals surface area contributed by atoms with Crippen LogP contribution in [-0.4, -0.2) is 12.4 Å². The molecule has 0 bridgehead atoms. The maximum Gasteiger partial charge on any atom is 0.417 e. The molecule has 0 amide bonds. The SMILES string of the molecule is O=[C]OCc1ccc(N=Nc2ccccc2)cc1C(=O)OCc1ccco1. The van der Waals surface area contributed by atoms with Crippen molar-refractivity contribution in [3.8, 4) is 0 Å². The van der Waals surface area contributed by atoms with Crippen LogP contribution in [0, 0.1) is 0 Å². The highest BCUT2D eigenvalue weighted by Crippen LogP contribution is 2.23. The molecule has 0 aliphatic rings. The zero-order valence-corrected chi connectivity index (χ0v) is 14.2. The highest BCUT2D eigenvalue weighted by atomic mass is 16.5. The van der Waals surface area contributed by atoms with Gasteiger partial charge >= 0.3 is 12.4 Å². The molecule has 135 valence electrons. The second kappa shape index (κ2) is 9.10. The summed E-state index contributed by atoms with van der Waals surface area (Å²) in [5.74, 6) is -0.0741. The molecule has 0 atom stereocenters. The Kier molecular flexibility index (Phi) is 6.08. The molecule has 2 aromatic carbocycles. The van der Waals surface area contributed by atoms with Gasteiger partial charge in [-0.15, -0.1) is 0 Å². The number of furan rings is 1. The van der Waals surface area contributed by atoms with Crippen molar-refractivity contribution < 1.29 is 23.5 Å². The molecule has 0 fully saturated rings. The van der Waals surface area contributed by atoms with Crippen LogP contribution in [0.15, 0.2) is 81.6 Å².